The lowest BCUT2D eigenvalue weighted by Gasteiger charge is -2.16. The first-order chi connectivity index (χ1) is 14.0. The Morgan fingerprint density at radius 2 is 1.62 bits per heavy atom. The van der Waals surface area contributed by atoms with Crippen molar-refractivity contribution in [2.45, 2.75) is 17.9 Å². The van der Waals surface area contributed by atoms with E-state index in [1.807, 2.05) is 24.4 Å². The summed E-state index contributed by atoms with van der Waals surface area (Å²) >= 11 is 0. The van der Waals surface area contributed by atoms with Crippen molar-refractivity contribution >= 4 is 20.6 Å². The second-order valence-electron chi connectivity index (χ2n) is 7.06. The fourth-order valence-corrected chi connectivity index (χ4v) is 5.46. The molecule has 0 saturated carbocycles. The summed E-state index contributed by atoms with van der Waals surface area (Å²) in [6, 6.07) is 9.16. The maximum Gasteiger partial charge on any atom is 0.231 e. The zero-order valence-corrected chi connectivity index (χ0v) is 16.9. The Morgan fingerprint density at radius 3 is 2.34 bits per heavy atom. The summed E-state index contributed by atoms with van der Waals surface area (Å²) in [4.78, 5) is 0.273. The van der Waals surface area contributed by atoms with Crippen LogP contribution in [-0.4, -0.2) is 35.2 Å². The van der Waals surface area contributed by atoms with Crippen molar-refractivity contribution in [1.29, 1.82) is 0 Å². The lowest BCUT2D eigenvalue weighted by atomic mass is 10.0. The van der Waals surface area contributed by atoms with Crippen LogP contribution in [0.3, 0.4) is 0 Å². The average molecular weight is 414 g/mol. The molecule has 0 saturated heterocycles. The Morgan fingerprint density at radius 1 is 0.931 bits per heavy atom. The van der Waals surface area contributed by atoms with Crippen molar-refractivity contribution in [3.63, 3.8) is 0 Å². The van der Waals surface area contributed by atoms with Gasteiger partial charge in [-0.05, 0) is 23.6 Å². The van der Waals surface area contributed by atoms with Crippen LogP contribution in [0.5, 0.6) is 23.0 Å². The van der Waals surface area contributed by atoms with Crippen LogP contribution < -0.4 is 23.5 Å². The van der Waals surface area contributed by atoms with E-state index in [9.17, 15) is 8.42 Å². The Hall–Kier alpha value is -3.00. The minimum Gasteiger partial charge on any atom is -0.493 e. The van der Waals surface area contributed by atoms with Crippen molar-refractivity contribution in [2.24, 2.45) is 0 Å². The maximum atomic E-state index is 13.0. The second kappa shape index (κ2) is 6.52. The molecule has 0 N–H and O–H groups in total. The minimum atomic E-state index is -3.44. The number of rotatable bonds is 2. The fraction of sp³-hybridized carbons (Fsp3) is 0.286. The van der Waals surface area contributed by atoms with E-state index in [1.165, 1.54) is 0 Å². The molecule has 0 fully saturated rings. The number of fused-ring (bicyclic) bond motifs is 5. The SMILES string of the molecule is COc1cc2cc3[n+](cc2cc1OC)CCCS(=O)(=O)c1cc2c(cc1-3)OCO2. The summed E-state index contributed by atoms with van der Waals surface area (Å²) in [5.74, 6) is 2.37. The van der Waals surface area contributed by atoms with Gasteiger partial charge in [0.2, 0.25) is 12.5 Å². The van der Waals surface area contributed by atoms with Gasteiger partial charge in [0.15, 0.2) is 39.0 Å². The van der Waals surface area contributed by atoms with Gasteiger partial charge in [-0.15, -0.1) is 0 Å². The van der Waals surface area contributed by atoms with E-state index in [2.05, 4.69) is 4.57 Å². The predicted molar refractivity (Wildman–Crippen MR) is 105 cm³/mol. The standard InChI is InChI=1S/C21H20NO6S/c1-25-17-7-13-6-16-15-9-19-20(28-12-27-19)10-21(15)29(23,24)5-3-4-22(16)11-14(13)8-18(17)26-2/h6-11H,3-5,12H2,1-2H3/q+1. The summed E-state index contributed by atoms with van der Waals surface area (Å²) in [6.45, 7) is 0.680. The van der Waals surface area contributed by atoms with Crippen LogP contribution in [0.1, 0.15) is 6.42 Å². The van der Waals surface area contributed by atoms with Gasteiger partial charge in [0.1, 0.15) is 6.54 Å². The molecule has 0 spiro atoms. The summed E-state index contributed by atoms with van der Waals surface area (Å²) in [6.07, 6.45) is 2.55. The van der Waals surface area contributed by atoms with E-state index in [1.54, 1.807) is 26.4 Å². The van der Waals surface area contributed by atoms with Crippen LogP contribution in [-0.2, 0) is 16.4 Å². The van der Waals surface area contributed by atoms with Crippen molar-refractivity contribution in [2.75, 3.05) is 26.8 Å². The van der Waals surface area contributed by atoms with E-state index in [-0.39, 0.29) is 17.4 Å². The number of pyridine rings is 1. The van der Waals surface area contributed by atoms with Crippen LogP contribution in [0, 0.1) is 0 Å². The summed E-state index contributed by atoms with van der Waals surface area (Å²) in [5.41, 5.74) is 1.42. The number of aromatic nitrogens is 1. The van der Waals surface area contributed by atoms with Gasteiger partial charge in [0.05, 0.1) is 30.4 Å². The molecule has 29 heavy (non-hydrogen) atoms. The molecule has 8 heteroatoms. The van der Waals surface area contributed by atoms with Crippen molar-refractivity contribution in [3.8, 4) is 34.3 Å². The van der Waals surface area contributed by atoms with Crippen LogP contribution in [0.2, 0.25) is 0 Å². The Labute approximate surface area is 168 Å². The minimum absolute atomic E-state index is 0.0794. The predicted octanol–water partition coefficient (Wildman–Crippen LogP) is 2.72. The molecule has 0 unspecified atom stereocenters. The maximum absolute atomic E-state index is 13.0. The van der Waals surface area contributed by atoms with Crippen LogP contribution in [0.4, 0.5) is 0 Å². The van der Waals surface area contributed by atoms with Gasteiger partial charge in [0, 0.05) is 23.9 Å². The Kier molecular flexibility index (Phi) is 4.06. The molecule has 1 aromatic heterocycles. The molecule has 3 heterocycles. The lowest BCUT2D eigenvalue weighted by molar-refractivity contribution is -0.685. The van der Waals surface area contributed by atoms with E-state index in [0.717, 1.165) is 16.5 Å². The highest BCUT2D eigenvalue weighted by molar-refractivity contribution is 7.91. The third-order valence-corrected chi connectivity index (χ3v) is 7.22. The summed E-state index contributed by atoms with van der Waals surface area (Å²) < 4.78 is 49.8. The van der Waals surface area contributed by atoms with Crippen molar-refractivity contribution in [1.82, 2.24) is 0 Å². The molecular formula is C21H20NO6S+. The van der Waals surface area contributed by atoms with E-state index in [0.29, 0.717) is 41.5 Å². The van der Waals surface area contributed by atoms with Crippen LogP contribution >= 0.6 is 0 Å². The summed E-state index contributed by atoms with van der Waals surface area (Å²) in [7, 11) is -0.239. The molecule has 0 atom stereocenters. The highest BCUT2D eigenvalue weighted by atomic mass is 32.2. The normalized spacial score (nSPS) is 16.5. The number of ether oxygens (including phenoxy) is 4. The molecule has 0 aliphatic carbocycles. The number of hydrogen-bond acceptors (Lipinski definition) is 6. The number of methoxy groups -OCH3 is 2. The molecule has 2 aromatic carbocycles. The Bertz CT molecular complexity index is 1250. The molecule has 0 amide bonds. The fourth-order valence-electron chi connectivity index (χ4n) is 3.95. The molecule has 150 valence electrons. The molecule has 7 nitrogen and oxygen atoms in total. The lowest BCUT2D eigenvalue weighted by Crippen LogP contribution is -2.38. The number of nitrogens with zero attached hydrogens (tertiary/aromatic N) is 1. The van der Waals surface area contributed by atoms with Crippen LogP contribution in [0.15, 0.2) is 41.4 Å². The topological polar surface area (TPSA) is 74.9 Å². The van der Waals surface area contributed by atoms with Gasteiger partial charge >= 0.3 is 0 Å². The van der Waals surface area contributed by atoms with Gasteiger partial charge in [-0.3, -0.25) is 0 Å². The van der Waals surface area contributed by atoms with Gasteiger partial charge in [-0.2, -0.15) is 4.57 Å². The number of sulfone groups is 1. The molecular weight excluding hydrogens is 394 g/mol. The zero-order chi connectivity index (χ0) is 20.2. The first-order valence-electron chi connectivity index (χ1n) is 9.26. The average Bonchev–Trinajstić information content (AvgIpc) is 3.18. The van der Waals surface area contributed by atoms with E-state index in [4.69, 9.17) is 18.9 Å². The monoisotopic (exact) mass is 414 g/mol. The highest BCUT2D eigenvalue weighted by Gasteiger charge is 2.32. The van der Waals surface area contributed by atoms with Gasteiger partial charge in [-0.25, -0.2) is 8.42 Å². The van der Waals surface area contributed by atoms with Crippen molar-refractivity contribution in [3.05, 3.63) is 36.5 Å². The molecule has 0 radical (unpaired) electrons. The van der Waals surface area contributed by atoms with Gasteiger partial charge in [-0.1, -0.05) is 0 Å². The molecule has 0 bridgehead atoms. The zero-order valence-electron chi connectivity index (χ0n) is 16.1. The first kappa shape index (κ1) is 18.1. The number of hydrogen-bond donors (Lipinski definition) is 0. The third kappa shape index (κ3) is 2.86. The number of benzene rings is 2. The molecule has 3 aromatic rings. The van der Waals surface area contributed by atoms with E-state index >= 15 is 0 Å². The number of aryl methyl sites for hydroxylation is 1. The molecule has 5 rings (SSSR count). The second-order valence-corrected chi connectivity index (χ2v) is 9.14. The van der Waals surface area contributed by atoms with Crippen LogP contribution in [0.25, 0.3) is 22.0 Å². The molecule has 2 aliphatic rings. The highest BCUT2D eigenvalue weighted by Crippen LogP contribution is 2.42. The smallest absolute Gasteiger partial charge is 0.231 e. The van der Waals surface area contributed by atoms with E-state index < -0.39 is 9.84 Å². The quantitative estimate of drug-likeness (QED) is 0.601. The van der Waals surface area contributed by atoms with Crippen molar-refractivity contribution < 1.29 is 31.9 Å². The summed E-state index contributed by atoms with van der Waals surface area (Å²) in [5, 5.41) is 1.91. The first-order valence-corrected chi connectivity index (χ1v) is 10.9. The van der Waals surface area contributed by atoms with Gasteiger partial charge < -0.3 is 18.9 Å². The third-order valence-electron chi connectivity index (χ3n) is 5.38. The molecule has 2 aliphatic heterocycles. The van der Waals surface area contributed by atoms with Gasteiger partial charge in [0.25, 0.3) is 0 Å². The Balaban J connectivity index is 1.82. The largest absolute Gasteiger partial charge is 0.493 e.